The standard InChI is InChI=1S/C13H14F3NO4/c14-13(15,16)9-3-1-7(2-4-9)5-8(11(18)19)6-10(17)12(20)21/h1-4,8,10H,5-6,17H2,(H,18,19)(H,20,21)/t8-,10+/m1/s1. The highest BCUT2D eigenvalue weighted by Crippen LogP contribution is 2.29. The number of hydrogen-bond acceptors (Lipinski definition) is 3. The van der Waals surface area contributed by atoms with Gasteiger partial charge in [0.25, 0.3) is 0 Å². The highest BCUT2D eigenvalue weighted by molar-refractivity contribution is 5.76. The lowest BCUT2D eigenvalue weighted by atomic mass is 9.92. The summed E-state index contributed by atoms with van der Waals surface area (Å²) < 4.78 is 37.2. The van der Waals surface area contributed by atoms with E-state index in [1.165, 1.54) is 12.1 Å². The van der Waals surface area contributed by atoms with Gasteiger partial charge in [0.15, 0.2) is 0 Å². The van der Waals surface area contributed by atoms with E-state index in [9.17, 15) is 22.8 Å². The molecule has 0 aromatic heterocycles. The van der Waals surface area contributed by atoms with Crippen molar-refractivity contribution >= 4 is 11.9 Å². The molecule has 0 saturated heterocycles. The molecule has 0 fully saturated rings. The summed E-state index contributed by atoms with van der Waals surface area (Å²) in [5, 5.41) is 17.7. The van der Waals surface area contributed by atoms with Crippen LogP contribution < -0.4 is 5.73 Å². The number of halogens is 3. The van der Waals surface area contributed by atoms with Crippen molar-refractivity contribution in [2.75, 3.05) is 0 Å². The smallest absolute Gasteiger partial charge is 0.416 e. The van der Waals surface area contributed by atoms with Crippen LogP contribution in [0.4, 0.5) is 13.2 Å². The molecular formula is C13H14F3NO4. The number of alkyl halides is 3. The molecule has 0 saturated carbocycles. The predicted molar refractivity (Wildman–Crippen MR) is 66.5 cm³/mol. The van der Waals surface area contributed by atoms with Crippen LogP contribution in [0.15, 0.2) is 24.3 Å². The summed E-state index contributed by atoms with van der Waals surface area (Å²) in [7, 11) is 0. The topological polar surface area (TPSA) is 101 Å². The van der Waals surface area contributed by atoms with Crippen molar-refractivity contribution < 1.29 is 33.0 Å². The van der Waals surface area contributed by atoms with Crippen LogP contribution in [-0.2, 0) is 22.2 Å². The van der Waals surface area contributed by atoms with Crippen molar-refractivity contribution in [3.8, 4) is 0 Å². The Morgan fingerprint density at radius 2 is 1.62 bits per heavy atom. The number of carbonyl (C=O) groups is 2. The summed E-state index contributed by atoms with van der Waals surface area (Å²) in [4.78, 5) is 21.7. The lowest BCUT2D eigenvalue weighted by Crippen LogP contribution is -2.35. The summed E-state index contributed by atoms with van der Waals surface area (Å²) in [5.74, 6) is -3.65. The van der Waals surface area contributed by atoms with Crippen LogP contribution in [0, 0.1) is 5.92 Å². The van der Waals surface area contributed by atoms with E-state index in [-0.39, 0.29) is 12.8 Å². The lowest BCUT2D eigenvalue weighted by Gasteiger charge is -2.15. The molecule has 0 bridgehead atoms. The van der Waals surface area contributed by atoms with Crippen molar-refractivity contribution in [2.45, 2.75) is 25.1 Å². The summed E-state index contributed by atoms with van der Waals surface area (Å²) in [6.07, 6.45) is -4.85. The van der Waals surface area contributed by atoms with Crippen LogP contribution in [0.5, 0.6) is 0 Å². The minimum absolute atomic E-state index is 0.0888. The molecule has 0 spiro atoms. The number of hydrogen-bond donors (Lipinski definition) is 3. The summed E-state index contributed by atoms with van der Waals surface area (Å²) in [6.45, 7) is 0. The average Bonchev–Trinajstić information content (AvgIpc) is 2.37. The highest BCUT2D eigenvalue weighted by Gasteiger charge is 2.30. The molecule has 0 aliphatic rings. The number of carboxylic acids is 2. The summed E-state index contributed by atoms with van der Waals surface area (Å²) in [5.41, 5.74) is 4.81. The monoisotopic (exact) mass is 305 g/mol. The molecule has 8 heteroatoms. The molecule has 116 valence electrons. The number of carboxylic acid groups (broad SMARTS) is 2. The van der Waals surface area contributed by atoms with Gasteiger partial charge < -0.3 is 15.9 Å². The quantitative estimate of drug-likeness (QED) is 0.743. The first-order chi connectivity index (χ1) is 9.61. The molecule has 21 heavy (non-hydrogen) atoms. The predicted octanol–water partition coefficient (Wildman–Crippen LogP) is 1.75. The van der Waals surface area contributed by atoms with Crippen LogP contribution in [-0.4, -0.2) is 28.2 Å². The third-order valence-corrected chi connectivity index (χ3v) is 2.97. The van der Waals surface area contributed by atoms with E-state index in [2.05, 4.69) is 0 Å². The fourth-order valence-corrected chi connectivity index (χ4v) is 1.79. The largest absolute Gasteiger partial charge is 0.481 e. The number of rotatable bonds is 6. The van der Waals surface area contributed by atoms with Crippen molar-refractivity contribution in [1.29, 1.82) is 0 Å². The Morgan fingerprint density at radius 3 is 2.00 bits per heavy atom. The summed E-state index contributed by atoms with van der Waals surface area (Å²) >= 11 is 0. The molecule has 0 radical (unpaired) electrons. The average molecular weight is 305 g/mol. The third-order valence-electron chi connectivity index (χ3n) is 2.97. The van der Waals surface area contributed by atoms with Gasteiger partial charge in [0, 0.05) is 0 Å². The molecular weight excluding hydrogens is 291 g/mol. The maximum absolute atomic E-state index is 12.4. The first-order valence-electron chi connectivity index (χ1n) is 5.98. The zero-order chi connectivity index (χ0) is 16.2. The Balaban J connectivity index is 2.80. The first-order valence-corrected chi connectivity index (χ1v) is 5.98. The van der Waals surface area contributed by atoms with Gasteiger partial charge in [-0.05, 0) is 30.5 Å². The summed E-state index contributed by atoms with van der Waals surface area (Å²) in [6, 6.07) is 2.72. The third kappa shape index (κ3) is 5.07. The lowest BCUT2D eigenvalue weighted by molar-refractivity contribution is -0.143. The minimum atomic E-state index is -4.46. The second-order valence-corrected chi connectivity index (χ2v) is 4.61. The van der Waals surface area contributed by atoms with Crippen LogP contribution in [0.1, 0.15) is 17.5 Å². The van der Waals surface area contributed by atoms with Gasteiger partial charge in [-0.15, -0.1) is 0 Å². The van der Waals surface area contributed by atoms with E-state index in [4.69, 9.17) is 15.9 Å². The van der Waals surface area contributed by atoms with Gasteiger partial charge >= 0.3 is 18.1 Å². The number of nitrogens with two attached hydrogens (primary N) is 1. The van der Waals surface area contributed by atoms with Crippen LogP contribution in [0.25, 0.3) is 0 Å². The second kappa shape index (κ2) is 6.57. The van der Waals surface area contributed by atoms with Crippen LogP contribution >= 0.6 is 0 Å². The normalized spacial score (nSPS) is 14.5. The van der Waals surface area contributed by atoms with E-state index in [1.807, 2.05) is 0 Å². The Kier molecular flexibility index (Phi) is 5.31. The minimum Gasteiger partial charge on any atom is -0.481 e. The van der Waals surface area contributed by atoms with Gasteiger partial charge in [-0.2, -0.15) is 13.2 Å². The van der Waals surface area contributed by atoms with E-state index in [1.54, 1.807) is 0 Å². The molecule has 1 rings (SSSR count). The molecule has 5 nitrogen and oxygen atoms in total. The van der Waals surface area contributed by atoms with E-state index in [0.29, 0.717) is 5.56 Å². The van der Waals surface area contributed by atoms with Gasteiger partial charge in [-0.3, -0.25) is 9.59 Å². The number of benzene rings is 1. The van der Waals surface area contributed by atoms with Gasteiger partial charge in [0.1, 0.15) is 6.04 Å². The van der Waals surface area contributed by atoms with Crippen molar-refractivity contribution in [3.63, 3.8) is 0 Å². The molecule has 1 aromatic carbocycles. The van der Waals surface area contributed by atoms with Gasteiger partial charge in [-0.1, -0.05) is 12.1 Å². The number of aliphatic carboxylic acids is 2. The molecule has 0 aliphatic carbocycles. The van der Waals surface area contributed by atoms with E-state index >= 15 is 0 Å². The zero-order valence-corrected chi connectivity index (χ0v) is 10.8. The second-order valence-electron chi connectivity index (χ2n) is 4.61. The molecule has 0 heterocycles. The molecule has 2 atom stereocenters. The van der Waals surface area contributed by atoms with E-state index in [0.717, 1.165) is 12.1 Å². The molecule has 0 unspecified atom stereocenters. The van der Waals surface area contributed by atoms with Gasteiger partial charge in [-0.25, -0.2) is 0 Å². The Hall–Kier alpha value is -2.09. The maximum Gasteiger partial charge on any atom is 0.416 e. The van der Waals surface area contributed by atoms with Crippen LogP contribution in [0.3, 0.4) is 0 Å². The molecule has 0 aliphatic heterocycles. The Morgan fingerprint density at radius 1 is 1.10 bits per heavy atom. The first kappa shape index (κ1) is 17.0. The zero-order valence-electron chi connectivity index (χ0n) is 10.8. The highest BCUT2D eigenvalue weighted by atomic mass is 19.4. The SMILES string of the molecule is N[C@@H](C[C@@H](Cc1ccc(C(F)(F)F)cc1)C(=O)O)C(=O)O. The molecule has 0 amide bonds. The van der Waals surface area contributed by atoms with Crippen LogP contribution in [0.2, 0.25) is 0 Å². The molecule has 4 N–H and O–H groups in total. The van der Waals surface area contributed by atoms with Crippen molar-refractivity contribution in [2.24, 2.45) is 11.7 Å². The Labute approximate surface area is 118 Å². The molecule has 1 aromatic rings. The van der Waals surface area contributed by atoms with Gasteiger partial charge in [0.2, 0.25) is 0 Å². The van der Waals surface area contributed by atoms with Gasteiger partial charge in [0.05, 0.1) is 11.5 Å². The van der Waals surface area contributed by atoms with E-state index < -0.39 is 35.6 Å². The fraction of sp³-hybridized carbons (Fsp3) is 0.385. The van der Waals surface area contributed by atoms with Crippen molar-refractivity contribution in [3.05, 3.63) is 35.4 Å². The van der Waals surface area contributed by atoms with Crippen molar-refractivity contribution in [1.82, 2.24) is 0 Å². The fourth-order valence-electron chi connectivity index (χ4n) is 1.79. The Bertz CT molecular complexity index is 513. The maximum atomic E-state index is 12.4.